The van der Waals surface area contributed by atoms with E-state index in [0.717, 1.165) is 33.2 Å². The lowest BCUT2D eigenvalue weighted by Crippen LogP contribution is -1.97. The molecule has 0 saturated carbocycles. The van der Waals surface area contributed by atoms with Crippen LogP contribution in [0.1, 0.15) is 0 Å². The molecule has 4 rings (SSSR count). The van der Waals surface area contributed by atoms with Crippen LogP contribution in [0.15, 0.2) is 54.9 Å². The summed E-state index contributed by atoms with van der Waals surface area (Å²) in [5, 5.41) is 12.4. The van der Waals surface area contributed by atoms with Gasteiger partial charge in [0, 0.05) is 17.0 Å². The van der Waals surface area contributed by atoms with E-state index in [1.54, 1.807) is 12.4 Å². The average Bonchev–Trinajstić information content (AvgIpc) is 2.95. The van der Waals surface area contributed by atoms with Crippen molar-refractivity contribution in [2.75, 3.05) is 11.1 Å². The molecule has 5 heteroatoms. The van der Waals surface area contributed by atoms with E-state index in [0.29, 0.717) is 5.69 Å². The van der Waals surface area contributed by atoms with E-state index in [4.69, 9.17) is 5.73 Å². The van der Waals surface area contributed by atoms with Gasteiger partial charge in [0.15, 0.2) is 0 Å². The Bertz CT molecular complexity index is 936. The van der Waals surface area contributed by atoms with Crippen molar-refractivity contribution < 1.29 is 0 Å². The molecule has 0 saturated heterocycles. The monoisotopic (exact) mass is 275 g/mol. The second-order valence-electron chi connectivity index (χ2n) is 4.90. The molecule has 4 aromatic rings. The lowest BCUT2D eigenvalue weighted by Gasteiger charge is -2.11. The Labute approximate surface area is 120 Å². The van der Waals surface area contributed by atoms with Crippen LogP contribution in [0.25, 0.3) is 21.8 Å². The molecule has 0 unspecified atom stereocenters. The lowest BCUT2D eigenvalue weighted by molar-refractivity contribution is 1.12. The van der Waals surface area contributed by atoms with Crippen LogP contribution in [0.5, 0.6) is 0 Å². The Hall–Kier alpha value is -3.08. The number of aromatic nitrogens is 3. The number of nitrogens with one attached hydrogen (secondary N) is 2. The highest BCUT2D eigenvalue weighted by Crippen LogP contribution is 2.30. The highest BCUT2D eigenvalue weighted by Gasteiger charge is 2.07. The van der Waals surface area contributed by atoms with Gasteiger partial charge in [-0.1, -0.05) is 18.2 Å². The summed E-state index contributed by atoms with van der Waals surface area (Å²) in [4.78, 5) is 4.44. The number of nitrogens with zero attached hydrogens (tertiary/aromatic N) is 2. The summed E-state index contributed by atoms with van der Waals surface area (Å²) in [6.07, 6.45) is 3.55. The maximum absolute atomic E-state index is 6.11. The van der Waals surface area contributed by atoms with Crippen LogP contribution in [-0.4, -0.2) is 15.2 Å². The van der Waals surface area contributed by atoms with Gasteiger partial charge >= 0.3 is 0 Å². The van der Waals surface area contributed by atoms with E-state index in [1.807, 2.05) is 42.5 Å². The molecular weight excluding hydrogens is 262 g/mol. The van der Waals surface area contributed by atoms with Crippen LogP contribution < -0.4 is 11.1 Å². The zero-order valence-corrected chi connectivity index (χ0v) is 11.2. The quantitative estimate of drug-likeness (QED) is 0.490. The predicted octanol–water partition coefficient (Wildman–Crippen LogP) is 3.44. The highest BCUT2D eigenvalue weighted by molar-refractivity contribution is 5.95. The minimum absolute atomic E-state index is 0.678. The summed E-state index contributed by atoms with van der Waals surface area (Å²) in [7, 11) is 0. The number of benzene rings is 2. The Balaban J connectivity index is 1.84. The van der Waals surface area contributed by atoms with E-state index in [2.05, 4.69) is 20.5 Å². The minimum atomic E-state index is 0.678. The second-order valence-corrected chi connectivity index (χ2v) is 4.90. The predicted molar refractivity (Wildman–Crippen MR) is 85.5 cm³/mol. The lowest BCUT2D eigenvalue weighted by atomic mass is 10.1. The first-order chi connectivity index (χ1) is 10.3. The van der Waals surface area contributed by atoms with E-state index >= 15 is 0 Å². The Morgan fingerprint density at radius 1 is 1.00 bits per heavy atom. The van der Waals surface area contributed by atoms with Gasteiger partial charge in [0.1, 0.15) is 0 Å². The Morgan fingerprint density at radius 2 is 1.90 bits per heavy atom. The first-order valence-corrected chi connectivity index (χ1v) is 6.65. The number of hydrogen-bond acceptors (Lipinski definition) is 4. The molecule has 4 N–H and O–H groups in total. The zero-order chi connectivity index (χ0) is 14.2. The van der Waals surface area contributed by atoms with Gasteiger partial charge in [-0.15, -0.1) is 0 Å². The Morgan fingerprint density at radius 3 is 2.86 bits per heavy atom. The van der Waals surface area contributed by atoms with Crippen LogP contribution in [0.2, 0.25) is 0 Å². The number of pyridine rings is 1. The van der Waals surface area contributed by atoms with Crippen molar-refractivity contribution in [1.29, 1.82) is 0 Å². The molecule has 102 valence electrons. The molecule has 2 aromatic heterocycles. The summed E-state index contributed by atoms with van der Waals surface area (Å²) in [6, 6.07) is 13.9. The third-order valence-corrected chi connectivity index (χ3v) is 3.51. The molecule has 5 nitrogen and oxygen atoms in total. The molecule has 0 bridgehead atoms. The molecule has 0 amide bonds. The topological polar surface area (TPSA) is 79.6 Å². The molecule has 0 spiro atoms. The number of nitrogen functional groups attached to an aromatic ring is 1. The van der Waals surface area contributed by atoms with Crippen molar-refractivity contribution in [3.8, 4) is 0 Å². The summed E-state index contributed by atoms with van der Waals surface area (Å²) in [6.45, 7) is 0. The van der Waals surface area contributed by atoms with Gasteiger partial charge in [-0.2, -0.15) is 5.10 Å². The molecule has 0 radical (unpaired) electrons. The molecule has 2 heterocycles. The van der Waals surface area contributed by atoms with Crippen molar-refractivity contribution in [2.24, 2.45) is 0 Å². The molecule has 0 aliphatic carbocycles. The van der Waals surface area contributed by atoms with Crippen molar-refractivity contribution in [2.45, 2.75) is 0 Å². The summed E-state index contributed by atoms with van der Waals surface area (Å²) in [5.74, 6) is 0. The fourth-order valence-corrected chi connectivity index (χ4v) is 2.47. The average molecular weight is 275 g/mol. The zero-order valence-electron chi connectivity index (χ0n) is 11.2. The second kappa shape index (κ2) is 4.49. The summed E-state index contributed by atoms with van der Waals surface area (Å²) >= 11 is 0. The molecule has 0 aliphatic heterocycles. The van der Waals surface area contributed by atoms with Crippen molar-refractivity contribution >= 4 is 38.9 Å². The normalized spacial score (nSPS) is 11.0. The third kappa shape index (κ3) is 1.95. The number of rotatable bonds is 2. The van der Waals surface area contributed by atoms with Crippen LogP contribution in [0.3, 0.4) is 0 Å². The van der Waals surface area contributed by atoms with Crippen LogP contribution in [0, 0.1) is 0 Å². The first-order valence-electron chi connectivity index (χ1n) is 6.65. The van der Waals surface area contributed by atoms with Gasteiger partial charge in [-0.05, 0) is 24.3 Å². The maximum Gasteiger partial charge on any atom is 0.0936 e. The SMILES string of the molecule is Nc1cc2cn[nH]c2cc1Nc1cccc2cccnc12. The van der Waals surface area contributed by atoms with Crippen molar-refractivity contribution in [3.63, 3.8) is 0 Å². The molecule has 2 aromatic carbocycles. The third-order valence-electron chi connectivity index (χ3n) is 3.51. The standard InChI is InChI=1S/C16H13N5/c17-12-7-11-9-19-21-14(11)8-15(12)20-13-5-1-3-10-4-2-6-18-16(10)13/h1-9,20H,17H2,(H,19,21). The van der Waals surface area contributed by atoms with Crippen LogP contribution >= 0.6 is 0 Å². The number of H-pyrrole nitrogens is 1. The summed E-state index contributed by atoms with van der Waals surface area (Å²) < 4.78 is 0. The number of para-hydroxylation sites is 1. The van der Waals surface area contributed by atoms with Gasteiger partial charge in [-0.25, -0.2) is 0 Å². The molecular formula is C16H13N5. The molecule has 21 heavy (non-hydrogen) atoms. The minimum Gasteiger partial charge on any atom is -0.397 e. The number of anilines is 3. The van der Waals surface area contributed by atoms with Crippen molar-refractivity contribution in [1.82, 2.24) is 15.2 Å². The number of aromatic amines is 1. The van der Waals surface area contributed by atoms with Crippen LogP contribution in [-0.2, 0) is 0 Å². The van der Waals surface area contributed by atoms with Crippen molar-refractivity contribution in [3.05, 3.63) is 54.9 Å². The number of nitrogens with two attached hydrogens (primary N) is 1. The first kappa shape index (κ1) is 11.7. The van der Waals surface area contributed by atoms with Gasteiger partial charge in [0.2, 0.25) is 0 Å². The van der Waals surface area contributed by atoms with E-state index < -0.39 is 0 Å². The molecule has 0 aliphatic rings. The van der Waals surface area contributed by atoms with Gasteiger partial charge in [0.05, 0.1) is 34.3 Å². The maximum atomic E-state index is 6.11. The van der Waals surface area contributed by atoms with Gasteiger partial charge in [0.25, 0.3) is 0 Å². The van der Waals surface area contributed by atoms with E-state index in [1.165, 1.54) is 0 Å². The Kier molecular flexibility index (Phi) is 2.50. The molecule has 0 fully saturated rings. The fourth-order valence-electron chi connectivity index (χ4n) is 2.47. The number of hydrogen-bond donors (Lipinski definition) is 3. The fraction of sp³-hybridized carbons (Fsp3) is 0. The van der Waals surface area contributed by atoms with E-state index in [9.17, 15) is 0 Å². The largest absolute Gasteiger partial charge is 0.397 e. The highest BCUT2D eigenvalue weighted by atomic mass is 15.1. The van der Waals surface area contributed by atoms with Gasteiger partial charge in [-0.3, -0.25) is 10.1 Å². The van der Waals surface area contributed by atoms with Gasteiger partial charge < -0.3 is 11.1 Å². The summed E-state index contributed by atoms with van der Waals surface area (Å²) in [5.41, 5.74) is 10.4. The van der Waals surface area contributed by atoms with E-state index in [-0.39, 0.29) is 0 Å². The smallest absolute Gasteiger partial charge is 0.0936 e. The molecule has 0 atom stereocenters. The van der Waals surface area contributed by atoms with Crippen LogP contribution in [0.4, 0.5) is 17.1 Å². The number of fused-ring (bicyclic) bond motifs is 2.